The van der Waals surface area contributed by atoms with Gasteiger partial charge in [-0.1, -0.05) is 30.3 Å². The molecule has 30 heavy (non-hydrogen) atoms. The number of rotatable bonds is 6. The SMILES string of the molecule is CCN=C(NC1CCN(Cc2ccccn2)CC1)NC1CC1c1ccccc1C.I. The quantitative estimate of drug-likeness (QED) is 0.343. The molecule has 162 valence electrons. The second-order valence-corrected chi connectivity index (χ2v) is 8.29. The average Bonchev–Trinajstić information content (AvgIpc) is 3.49. The van der Waals surface area contributed by atoms with Crippen LogP contribution < -0.4 is 10.6 Å². The molecule has 1 aromatic carbocycles. The molecule has 2 unspecified atom stereocenters. The Morgan fingerprint density at radius 3 is 2.57 bits per heavy atom. The average molecular weight is 519 g/mol. The number of hydrogen-bond donors (Lipinski definition) is 2. The number of guanidine groups is 1. The van der Waals surface area contributed by atoms with Crippen molar-refractivity contribution >= 4 is 29.9 Å². The van der Waals surface area contributed by atoms with Gasteiger partial charge in [0.05, 0.1) is 5.69 Å². The largest absolute Gasteiger partial charge is 0.354 e. The lowest BCUT2D eigenvalue weighted by atomic mass is 10.0. The molecule has 6 heteroatoms. The minimum Gasteiger partial charge on any atom is -0.354 e. The van der Waals surface area contributed by atoms with Gasteiger partial charge in [0.2, 0.25) is 0 Å². The van der Waals surface area contributed by atoms with E-state index in [-0.39, 0.29) is 24.0 Å². The van der Waals surface area contributed by atoms with Crippen molar-refractivity contribution < 1.29 is 0 Å². The Bertz CT molecular complexity index is 817. The van der Waals surface area contributed by atoms with E-state index in [9.17, 15) is 0 Å². The molecule has 2 aliphatic rings. The van der Waals surface area contributed by atoms with E-state index in [1.54, 1.807) is 0 Å². The van der Waals surface area contributed by atoms with Crippen molar-refractivity contribution in [2.45, 2.75) is 57.7 Å². The van der Waals surface area contributed by atoms with E-state index in [4.69, 9.17) is 4.99 Å². The highest BCUT2D eigenvalue weighted by Crippen LogP contribution is 2.42. The Morgan fingerprint density at radius 1 is 1.10 bits per heavy atom. The molecule has 1 aliphatic carbocycles. The van der Waals surface area contributed by atoms with E-state index < -0.39 is 0 Å². The number of aromatic nitrogens is 1. The van der Waals surface area contributed by atoms with Crippen molar-refractivity contribution in [2.24, 2.45) is 4.99 Å². The van der Waals surface area contributed by atoms with Gasteiger partial charge in [-0.05, 0) is 56.4 Å². The molecular weight excluding hydrogens is 485 g/mol. The molecule has 2 heterocycles. The number of benzene rings is 1. The fourth-order valence-electron chi connectivity index (χ4n) is 4.32. The standard InChI is InChI=1S/C24H33N5.HI/c1-3-25-24(28-23-16-22(23)21-10-5-4-8-18(21)2)27-19-11-14-29(15-12-19)17-20-9-6-7-13-26-20;/h4-10,13,19,22-23H,3,11-12,14-17H2,1-2H3,(H2,25,27,28);1H. The van der Waals surface area contributed by atoms with Gasteiger partial charge in [0.15, 0.2) is 5.96 Å². The monoisotopic (exact) mass is 519 g/mol. The highest BCUT2D eigenvalue weighted by Gasteiger charge is 2.40. The second-order valence-electron chi connectivity index (χ2n) is 8.29. The molecule has 1 saturated carbocycles. The van der Waals surface area contributed by atoms with Crippen LogP contribution in [0.4, 0.5) is 0 Å². The normalized spacial score (nSPS) is 22.3. The minimum absolute atomic E-state index is 0. The smallest absolute Gasteiger partial charge is 0.191 e. The molecule has 2 N–H and O–H groups in total. The first kappa shape index (κ1) is 23.0. The fraction of sp³-hybridized carbons (Fsp3) is 0.500. The van der Waals surface area contributed by atoms with Crippen LogP contribution in [-0.4, -0.2) is 47.6 Å². The van der Waals surface area contributed by atoms with Crippen LogP contribution in [0.2, 0.25) is 0 Å². The number of piperidine rings is 1. The molecule has 4 rings (SSSR count). The van der Waals surface area contributed by atoms with E-state index in [2.05, 4.69) is 70.8 Å². The number of pyridine rings is 1. The summed E-state index contributed by atoms with van der Waals surface area (Å²) in [5.74, 6) is 1.59. The Hall–Kier alpha value is -1.67. The Labute approximate surface area is 197 Å². The van der Waals surface area contributed by atoms with Crippen molar-refractivity contribution in [3.63, 3.8) is 0 Å². The van der Waals surface area contributed by atoms with E-state index in [1.165, 1.54) is 17.5 Å². The number of likely N-dealkylation sites (tertiary alicyclic amines) is 1. The van der Waals surface area contributed by atoms with E-state index in [0.29, 0.717) is 18.0 Å². The highest BCUT2D eigenvalue weighted by molar-refractivity contribution is 14.0. The first-order chi connectivity index (χ1) is 14.2. The van der Waals surface area contributed by atoms with Gasteiger partial charge in [-0.3, -0.25) is 14.9 Å². The Balaban J connectivity index is 0.00000256. The Kier molecular flexibility index (Phi) is 8.50. The van der Waals surface area contributed by atoms with Crippen LogP contribution in [0, 0.1) is 6.92 Å². The summed E-state index contributed by atoms with van der Waals surface area (Å²) in [5.41, 5.74) is 4.03. The van der Waals surface area contributed by atoms with Gasteiger partial charge >= 0.3 is 0 Å². The van der Waals surface area contributed by atoms with Gasteiger partial charge in [-0.15, -0.1) is 24.0 Å². The van der Waals surface area contributed by atoms with Crippen molar-refractivity contribution in [1.29, 1.82) is 0 Å². The van der Waals surface area contributed by atoms with Gasteiger partial charge in [0.25, 0.3) is 0 Å². The second kappa shape index (κ2) is 11.1. The van der Waals surface area contributed by atoms with Gasteiger partial charge in [0, 0.05) is 50.4 Å². The molecule has 0 radical (unpaired) electrons. The zero-order valence-corrected chi connectivity index (χ0v) is 20.4. The first-order valence-corrected chi connectivity index (χ1v) is 11.0. The molecule has 2 aromatic rings. The predicted octanol–water partition coefficient (Wildman–Crippen LogP) is 4.08. The molecule has 0 amide bonds. The van der Waals surface area contributed by atoms with Crippen LogP contribution >= 0.6 is 24.0 Å². The zero-order chi connectivity index (χ0) is 20.1. The van der Waals surface area contributed by atoms with Crippen molar-refractivity contribution in [3.8, 4) is 0 Å². The maximum absolute atomic E-state index is 4.71. The third-order valence-corrected chi connectivity index (χ3v) is 6.06. The number of nitrogens with one attached hydrogen (secondary N) is 2. The highest BCUT2D eigenvalue weighted by atomic mass is 127. The number of aliphatic imine (C=N–C) groups is 1. The molecule has 0 bridgehead atoms. The maximum atomic E-state index is 4.71. The third-order valence-electron chi connectivity index (χ3n) is 6.06. The maximum Gasteiger partial charge on any atom is 0.191 e. The molecule has 2 fully saturated rings. The van der Waals surface area contributed by atoms with Gasteiger partial charge in [-0.25, -0.2) is 0 Å². The summed E-state index contributed by atoms with van der Waals surface area (Å²) in [5, 5.41) is 7.38. The van der Waals surface area contributed by atoms with Crippen molar-refractivity contribution in [1.82, 2.24) is 20.5 Å². The van der Waals surface area contributed by atoms with E-state index in [1.807, 2.05) is 12.3 Å². The summed E-state index contributed by atoms with van der Waals surface area (Å²) < 4.78 is 0. The minimum atomic E-state index is 0. The molecule has 1 aromatic heterocycles. The van der Waals surface area contributed by atoms with E-state index >= 15 is 0 Å². The van der Waals surface area contributed by atoms with Gasteiger partial charge in [-0.2, -0.15) is 0 Å². The lowest BCUT2D eigenvalue weighted by Gasteiger charge is -2.33. The lowest BCUT2D eigenvalue weighted by molar-refractivity contribution is 0.196. The van der Waals surface area contributed by atoms with Gasteiger partial charge in [0.1, 0.15) is 0 Å². The van der Waals surface area contributed by atoms with Crippen molar-refractivity contribution in [3.05, 3.63) is 65.5 Å². The summed E-state index contributed by atoms with van der Waals surface area (Å²) in [7, 11) is 0. The summed E-state index contributed by atoms with van der Waals surface area (Å²) in [4.78, 5) is 11.7. The molecular formula is C24H34IN5. The lowest BCUT2D eigenvalue weighted by Crippen LogP contribution is -2.49. The van der Waals surface area contributed by atoms with E-state index in [0.717, 1.165) is 50.7 Å². The summed E-state index contributed by atoms with van der Waals surface area (Å²) in [6.45, 7) is 8.26. The number of halogens is 1. The summed E-state index contributed by atoms with van der Waals surface area (Å²) in [6, 6.07) is 15.9. The summed E-state index contributed by atoms with van der Waals surface area (Å²) >= 11 is 0. The van der Waals surface area contributed by atoms with Crippen LogP contribution in [0.3, 0.4) is 0 Å². The molecule has 0 spiro atoms. The number of aryl methyl sites for hydroxylation is 1. The van der Waals surface area contributed by atoms with Crippen LogP contribution in [0.25, 0.3) is 0 Å². The van der Waals surface area contributed by atoms with Crippen molar-refractivity contribution in [2.75, 3.05) is 19.6 Å². The predicted molar refractivity (Wildman–Crippen MR) is 135 cm³/mol. The molecule has 5 nitrogen and oxygen atoms in total. The van der Waals surface area contributed by atoms with Crippen LogP contribution in [-0.2, 0) is 6.54 Å². The number of nitrogens with zero attached hydrogens (tertiary/aromatic N) is 3. The molecule has 2 atom stereocenters. The zero-order valence-electron chi connectivity index (χ0n) is 18.1. The Morgan fingerprint density at radius 2 is 1.87 bits per heavy atom. The topological polar surface area (TPSA) is 52.6 Å². The summed E-state index contributed by atoms with van der Waals surface area (Å²) in [6.07, 6.45) is 5.36. The van der Waals surface area contributed by atoms with Gasteiger partial charge < -0.3 is 10.6 Å². The van der Waals surface area contributed by atoms with Crippen LogP contribution in [0.15, 0.2) is 53.7 Å². The third kappa shape index (κ3) is 6.17. The molecule has 1 aliphatic heterocycles. The number of hydrogen-bond acceptors (Lipinski definition) is 3. The first-order valence-electron chi connectivity index (χ1n) is 11.0. The van der Waals surface area contributed by atoms with Crippen LogP contribution in [0.5, 0.6) is 0 Å². The molecule has 1 saturated heterocycles. The fourth-order valence-corrected chi connectivity index (χ4v) is 4.32. The van der Waals surface area contributed by atoms with Crippen LogP contribution in [0.1, 0.15) is 48.9 Å².